The van der Waals surface area contributed by atoms with Crippen LogP contribution in [0.25, 0.3) is 0 Å². The van der Waals surface area contributed by atoms with E-state index in [0.717, 1.165) is 59.2 Å². The molecule has 4 heterocycles. The van der Waals surface area contributed by atoms with E-state index in [9.17, 15) is 26.4 Å². The number of fused-ring (bicyclic) bond motifs is 1. The number of hydrogen-bond acceptors (Lipinski definition) is 7. The van der Waals surface area contributed by atoms with Gasteiger partial charge in [0.05, 0.1) is 28.8 Å². The number of nitrogens with one attached hydrogen (secondary N) is 2. The van der Waals surface area contributed by atoms with E-state index in [1.54, 1.807) is 10.9 Å². The summed E-state index contributed by atoms with van der Waals surface area (Å²) in [4.78, 5) is 12.2. The molecule has 1 amide bonds. The van der Waals surface area contributed by atoms with Crippen LogP contribution >= 0.6 is 0 Å². The van der Waals surface area contributed by atoms with E-state index >= 15 is 0 Å². The number of piperidine rings is 1. The first-order valence-corrected chi connectivity index (χ1v) is 15.1. The third kappa shape index (κ3) is 5.48. The summed E-state index contributed by atoms with van der Waals surface area (Å²) in [6.07, 6.45) is 3.11. The number of alkyl halides is 3. The van der Waals surface area contributed by atoms with Crippen molar-refractivity contribution in [3.63, 3.8) is 0 Å². The molecule has 2 N–H and O–H groups in total. The quantitative estimate of drug-likeness (QED) is 0.442. The van der Waals surface area contributed by atoms with Crippen molar-refractivity contribution in [2.75, 3.05) is 13.2 Å². The first-order valence-electron chi connectivity index (χ1n) is 13.7. The molecule has 3 aromatic rings. The minimum Gasteiger partial charge on any atom is -0.493 e. The molecule has 0 spiro atoms. The maximum atomic E-state index is 13.4. The molecular weight excluding hydrogens is 573 g/mol. The highest BCUT2D eigenvalue weighted by Crippen LogP contribution is 2.37. The van der Waals surface area contributed by atoms with Crippen molar-refractivity contribution >= 4 is 15.9 Å². The summed E-state index contributed by atoms with van der Waals surface area (Å²) in [5.41, 5.74) is 1.37. The Morgan fingerprint density at radius 1 is 1.10 bits per heavy atom. The Bertz CT molecular complexity index is 1620. The van der Waals surface area contributed by atoms with Crippen molar-refractivity contribution in [1.29, 1.82) is 0 Å². The molecule has 0 bridgehead atoms. The molecule has 1 fully saturated rings. The minimum atomic E-state index is -4.73. The van der Waals surface area contributed by atoms with Gasteiger partial charge < -0.3 is 15.4 Å². The Labute approximate surface area is 240 Å². The Kier molecular flexibility index (Phi) is 7.43. The fraction of sp³-hybridized carbons (Fsp3) is 0.393. The predicted octanol–water partition coefficient (Wildman–Crippen LogP) is 3.69. The molecule has 3 aliphatic rings. The van der Waals surface area contributed by atoms with Crippen molar-refractivity contribution in [3.8, 4) is 5.75 Å². The average molecular weight is 603 g/mol. The van der Waals surface area contributed by atoms with Gasteiger partial charge in [-0.25, -0.2) is 13.1 Å². The van der Waals surface area contributed by atoms with Crippen molar-refractivity contribution in [2.45, 2.75) is 61.3 Å². The van der Waals surface area contributed by atoms with E-state index < -0.39 is 38.6 Å². The fourth-order valence-electron chi connectivity index (χ4n) is 5.67. The SMILES string of the molecule is O=C1NC=CN(S(=O)(=O)c2cccc(C(F)(F)F)c2)C1Cc1cn(C2CCOc3cc(C4CCCCN4)ccc32)nn1. The highest BCUT2D eigenvalue weighted by Gasteiger charge is 2.38. The molecule has 6 rings (SSSR count). The van der Waals surface area contributed by atoms with Gasteiger partial charge in [0.15, 0.2) is 0 Å². The maximum absolute atomic E-state index is 13.4. The van der Waals surface area contributed by atoms with Crippen LogP contribution in [0.2, 0.25) is 0 Å². The monoisotopic (exact) mass is 602 g/mol. The summed E-state index contributed by atoms with van der Waals surface area (Å²) >= 11 is 0. The summed E-state index contributed by atoms with van der Waals surface area (Å²) in [7, 11) is -4.51. The van der Waals surface area contributed by atoms with Crippen LogP contribution in [-0.2, 0) is 27.4 Å². The van der Waals surface area contributed by atoms with Gasteiger partial charge in [-0.1, -0.05) is 29.8 Å². The molecule has 42 heavy (non-hydrogen) atoms. The van der Waals surface area contributed by atoms with Crippen LogP contribution in [0.3, 0.4) is 0 Å². The van der Waals surface area contributed by atoms with Crippen LogP contribution in [0.4, 0.5) is 13.2 Å². The Hall–Kier alpha value is -3.91. The first-order chi connectivity index (χ1) is 20.1. The van der Waals surface area contributed by atoms with Gasteiger partial charge in [-0.05, 0) is 49.2 Å². The third-order valence-electron chi connectivity index (χ3n) is 7.83. The number of rotatable bonds is 6. The Morgan fingerprint density at radius 3 is 2.74 bits per heavy atom. The van der Waals surface area contributed by atoms with Gasteiger partial charge in [0, 0.05) is 43.0 Å². The second-order valence-corrected chi connectivity index (χ2v) is 12.4. The molecule has 2 aromatic carbocycles. The molecule has 0 aliphatic carbocycles. The molecule has 0 radical (unpaired) electrons. The summed E-state index contributed by atoms with van der Waals surface area (Å²) in [6, 6.07) is 8.46. The van der Waals surface area contributed by atoms with Gasteiger partial charge in [0.1, 0.15) is 11.8 Å². The number of amides is 1. The molecule has 3 unspecified atom stereocenters. The van der Waals surface area contributed by atoms with Crippen LogP contribution in [-0.4, -0.2) is 52.8 Å². The maximum Gasteiger partial charge on any atom is 0.416 e. The molecule has 3 aliphatic heterocycles. The van der Waals surface area contributed by atoms with Crippen LogP contribution in [0.1, 0.15) is 60.2 Å². The largest absolute Gasteiger partial charge is 0.493 e. The van der Waals surface area contributed by atoms with Crippen LogP contribution in [0, 0.1) is 0 Å². The number of benzene rings is 2. The highest BCUT2D eigenvalue weighted by atomic mass is 32.2. The van der Waals surface area contributed by atoms with E-state index in [1.807, 2.05) is 6.07 Å². The summed E-state index contributed by atoms with van der Waals surface area (Å²) < 4.78 is 75.0. The number of aromatic nitrogens is 3. The molecule has 222 valence electrons. The Balaban J connectivity index is 1.24. The zero-order valence-corrected chi connectivity index (χ0v) is 23.2. The normalized spacial score (nSPS) is 22.8. The number of sulfonamides is 1. The van der Waals surface area contributed by atoms with Crippen molar-refractivity contribution in [3.05, 3.63) is 83.4 Å². The average Bonchev–Trinajstić information content (AvgIpc) is 3.46. The predicted molar refractivity (Wildman–Crippen MR) is 145 cm³/mol. The fourth-order valence-corrected chi connectivity index (χ4v) is 7.16. The smallest absolute Gasteiger partial charge is 0.416 e. The summed E-state index contributed by atoms with van der Waals surface area (Å²) in [5.74, 6) is 0.145. The molecule has 3 atom stereocenters. The molecule has 1 aromatic heterocycles. The lowest BCUT2D eigenvalue weighted by molar-refractivity contribution is -0.137. The molecule has 10 nitrogen and oxygen atoms in total. The van der Waals surface area contributed by atoms with Crippen LogP contribution < -0.4 is 15.4 Å². The lowest BCUT2D eigenvalue weighted by Gasteiger charge is -2.31. The van der Waals surface area contributed by atoms with E-state index in [-0.39, 0.29) is 18.5 Å². The van der Waals surface area contributed by atoms with Gasteiger partial charge in [0.25, 0.3) is 10.0 Å². The molecule has 0 saturated carbocycles. The van der Waals surface area contributed by atoms with E-state index in [1.165, 1.54) is 18.4 Å². The van der Waals surface area contributed by atoms with Gasteiger partial charge in [0.2, 0.25) is 5.91 Å². The lowest BCUT2D eigenvalue weighted by atomic mass is 9.93. The van der Waals surface area contributed by atoms with E-state index in [2.05, 4.69) is 33.1 Å². The molecule has 1 saturated heterocycles. The van der Waals surface area contributed by atoms with Crippen LogP contribution in [0.15, 0.2) is 66.0 Å². The third-order valence-corrected chi connectivity index (χ3v) is 9.61. The number of halogens is 3. The standard InChI is InChI=1S/C28H29F3N6O4S/c29-28(30,31)19-4-3-5-21(15-19)42(39,40)37-12-11-33-27(38)25(37)16-20-17-36(35-34-20)24-9-13-41-26-14-18(7-8-22(24)26)23-6-1-2-10-32-23/h3-5,7-8,11-12,14-15,17,23-25,32H,1-2,6,9-10,13,16H2,(H,33,38). The van der Waals surface area contributed by atoms with Crippen LogP contribution in [0.5, 0.6) is 5.75 Å². The first kappa shape index (κ1) is 28.2. The minimum absolute atomic E-state index is 0.142. The van der Waals surface area contributed by atoms with Gasteiger partial charge >= 0.3 is 6.18 Å². The van der Waals surface area contributed by atoms with E-state index in [0.29, 0.717) is 24.8 Å². The van der Waals surface area contributed by atoms with Crippen molar-refractivity contribution in [1.82, 2.24) is 29.9 Å². The zero-order chi connectivity index (χ0) is 29.5. The second-order valence-electron chi connectivity index (χ2n) is 10.5. The van der Waals surface area contributed by atoms with E-state index in [4.69, 9.17) is 4.74 Å². The Morgan fingerprint density at radius 2 is 1.95 bits per heavy atom. The molecule has 14 heteroatoms. The number of ether oxygens (including phenoxy) is 1. The topological polar surface area (TPSA) is 118 Å². The summed E-state index contributed by atoms with van der Waals surface area (Å²) in [5, 5.41) is 14.5. The van der Waals surface area contributed by atoms with Crippen molar-refractivity contribution < 1.29 is 31.1 Å². The number of carbonyl (C=O) groups is 1. The zero-order valence-electron chi connectivity index (χ0n) is 22.4. The van der Waals surface area contributed by atoms with Gasteiger partial charge in [-0.2, -0.15) is 13.2 Å². The lowest BCUT2D eigenvalue weighted by Crippen LogP contribution is -2.50. The van der Waals surface area contributed by atoms with Gasteiger partial charge in [-0.3, -0.25) is 9.10 Å². The molecular formula is C28H29F3N6O4S. The number of nitrogens with zero attached hydrogens (tertiary/aromatic N) is 4. The highest BCUT2D eigenvalue weighted by molar-refractivity contribution is 7.89. The second kappa shape index (κ2) is 11.1. The van der Waals surface area contributed by atoms with Gasteiger partial charge in [-0.15, -0.1) is 5.10 Å². The number of carbonyl (C=O) groups excluding carboxylic acids is 1. The number of hydrogen-bond donors (Lipinski definition) is 2. The van der Waals surface area contributed by atoms with Crippen molar-refractivity contribution in [2.24, 2.45) is 0 Å². The summed E-state index contributed by atoms with van der Waals surface area (Å²) in [6.45, 7) is 1.47.